The average Bonchev–Trinajstić information content (AvgIpc) is 3.28. The van der Waals surface area contributed by atoms with Crippen molar-refractivity contribution in [2.24, 2.45) is 0 Å². The third kappa shape index (κ3) is 2.70. The summed E-state index contributed by atoms with van der Waals surface area (Å²) in [5, 5.41) is 1.04. The van der Waals surface area contributed by atoms with Crippen molar-refractivity contribution < 1.29 is 4.39 Å². The molecule has 1 aliphatic rings. The van der Waals surface area contributed by atoms with E-state index in [1.807, 2.05) is 24.7 Å². The average molecular weight is 376 g/mol. The van der Waals surface area contributed by atoms with Crippen molar-refractivity contribution in [1.29, 1.82) is 0 Å². The van der Waals surface area contributed by atoms with Crippen LogP contribution in [0.5, 0.6) is 0 Å². The van der Waals surface area contributed by atoms with Crippen molar-refractivity contribution in [2.45, 2.75) is 24.9 Å². The molecule has 0 unspecified atom stereocenters. The second kappa shape index (κ2) is 6.53. The third-order valence-corrected chi connectivity index (χ3v) is 5.69. The van der Waals surface area contributed by atoms with Crippen molar-refractivity contribution in [2.75, 3.05) is 14.1 Å². The highest BCUT2D eigenvalue weighted by Crippen LogP contribution is 2.42. The lowest BCUT2D eigenvalue weighted by molar-refractivity contribution is 0.130. The van der Waals surface area contributed by atoms with Crippen molar-refractivity contribution in [1.82, 2.24) is 29.4 Å². The number of rotatable bonds is 4. The second-order valence-electron chi connectivity index (χ2n) is 7.55. The van der Waals surface area contributed by atoms with Gasteiger partial charge in [-0.2, -0.15) is 0 Å². The molecule has 0 radical (unpaired) electrons. The van der Waals surface area contributed by atoms with Crippen LogP contribution in [0.2, 0.25) is 0 Å². The van der Waals surface area contributed by atoms with Crippen LogP contribution in [-0.2, 0) is 0 Å². The maximum absolute atomic E-state index is 13.4. The Labute approximate surface area is 162 Å². The Morgan fingerprint density at radius 2 is 1.96 bits per heavy atom. The van der Waals surface area contributed by atoms with E-state index in [9.17, 15) is 4.39 Å². The Morgan fingerprint density at radius 3 is 2.71 bits per heavy atom. The van der Waals surface area contributed by atoms with E-state index in [0.29, 0.717) is 17.8 Å². The first-order valence-corrected chi connectivity index (χ1v) is 9.39. The fourth-order valence-electron chi connectivity index (χ4n) is 3.98. The standard InChI is InChI=1S/C21H21FN6/c1-27(2)14-9-15(10-14)28-12-26-19(18-4-3-13(22)11-25-18)20(28)16-5-7-23-21-17(16)6-8-24-21/h3-8,11-12,14-15H,9-10H2,1-2H3,(H,23,24). The molecule has 1 aliphatic carbocycles. The number of nitrogens with zero attached hydrogens (tertiary/aromatic N) is 5. The van der Waals surface area contributed by atoms with Crippen molar-refractivity contribution in [3.63, 3.8) is 0 Å². The molecule has 4 heterocycles. The summed E-state index contributed by atoms with van der Waals surface area (Å²) in [6.45, 7) is 0. The van der Waals surface area contributed by atoms with Gasteiger partial charge in [0.2, 0.25) is 0 Å². The molecule has 0 atom stereocenters. The minimum absolute atomic E-state index is 0.352. The lowest BCUT2D eigenvalue weighted by Gasteiger charge is -2.41. The van der Waals surface area contributed by atoms with E-state index in [4.69, 9.17) is 4.98 Å². The molecule has 6 nitrogen and oxygen atoms in total. The molecule has 0 spiro atoms. The largest absolute Gasteiger partial charge is 0.346 e. The number of nitrogens with one attached hydrogen (secondary N) is 1. The summed E-state index contributed by atoms with van der Waals surface area (Å²) in [5.74, 6) is -0.352. The molecule has 7 heteroatoms. The predicted octanol–water partition coefficient (Wildman–Crippen LogP) is 3.89. The molecule has 28 heavy (non-hydrogen) atoms. The molecular weight excluding hydrogens is 355 g/mol. The topological polar surface area (TPSA) is 62.6 Å². The summed E-state index contributed by atoms with van der Waals surface area (Å²) in [5.41, 5.74) is 4.33. The summed E-state index contributed by atoms with van der Waals surface area (Å²) in [6.07, 6.45) is 8.98. The maximum Gasteiger partial charge on any atom is 0.141 e. The molecule has 1 saturated carbocycles. The van der Waals surface area contributed by atoms with Crippen LogP contribution in [0.4, 0.5) is 4.39 Å². The van der Waals surface area contributed by atoms with Gasteiger partial charge in [0.15, 0.2) is 0 Å². The smallest absolute Gasteiger partial charge is 0.141 e. The molecule has 0 aromatic carbocycles. The van der Waals surface area contributed by atoms with Gasteiger partial charge in [-0.15, -0.1) is 0 Å². The number of fused-ring (bicyclic) bond motifs is 1. The van der Waals surface area contributed by atoms with Gasteiger partial charge in [-0.3, -0.25) is 4.98 Å². The fraction of sp³-hybridized carbons (Fsp3) is 0.286. The SMILES string of the molecule is CN(C)C1CC(n2cnc(-c3ccc(F)cn3)c2-c2ccnc3[nH]ccc23)C1. The number of halogens is 1. The number of pyridine rings is 2. The van der Waals surface area contributed by atoms with Gasteiger partial charge in [-0.25, -0.2) is 14.4 Å². The van der Waals surface area contributed by atoms with Crippen LogP contribution in [0.3, 0.4) is 0 Å². The molecule has 0 aliphatic heterocycles. The van der Waals surface area contributed by atoms with Crippen LogP contribution in [0, 0.1) is 5.82 Å². The highest BCUT2D eigenvalue weighted by atomic mass is 19.1. The Balaban J connectivity index is 1.67. The number of aromatic nitrogens is 5. The highest BCUT2D eigenvalue weighted by Gasteiger charge is 2.34. The Morgan fingerprint density at radius 1 is 1.11 bits per heavy atom. The molecule has 142 valence electrons. The molecule has 0 saturated heterocycles. The minimum Gasteiger partial charge on any atom is -0.346 e. The molecule has 0 bridgehead atoms. The van der Waals surface area contributed by atoms with Gasteiger partial charge in [0.25, 0.3) is 0 Å². The van der Waals surface area contributed by atoms with E-state index >= 15 is 0 Å². The Hall–Kier alpha value is -3.06. The maximum atomic E-state index is 13.4. The minimum atomic E-state index is -0.352. The van der Waals surface area contributed by atoms with Crippen LogP contribution < -0.4 is 0 Å². The fourth-order valence-corrected chi connectivity index (χ4v) is 3.98. The second-order valence-corrected chi connectivity index (χ2v) is 7.55. The normalized spacial score (nSPS) is 19.3. The summed E-state index contributed by atoms with van der Waals surface area (Å²) >= 11 is 0. The Kier molecular flexibility index (Phi) is 3.98. The quantitative estimate of drug-likeness (QED) is 0.587. The number of aromatic amines is 1. The lowest BCUT2D eigenvalue weighted by Crippen LogP contribution is -2.41. The summed E-state index contributed by atoms with van der Waals surface area (Å²) in [6, 6.07) is 8.11. The number of imidazole rings is 1. The van der Waals surface area contributed by atoms with Gasteiger partial charge in [0.1, 0.15) is 17.2 Å². The predicted molar refractivity (Wildman–Crippen MR) is 106 cm³/mol. The van der Waals surface area contributed by atoms with Crippen molar-refractivity contribution in [3.8, 4) is 22.6 Å². The first-order chi connectivity index (χ1) is 13.6. The van der Waals surface area contributed by atoms with E-state index in [2.05, 4.69) is 38.5 Å². The summed E-state index contributed by atoms with van der Waals surface area (Å²) in [7, 11) is 4.24. The number of hydrogen-bond donors (Lipinski definition) is 1. The van der Waals surface area contributed by atoms with Crippen molar-refractivity contribution in [3.05, 3.63) is 55.0 Å². The molecular formula is C21H21FN6. The van der Waals surface area contributed by atoms with Gasteiger partial charge < -0.3 is 14.5 Å². The van der Waals surface area contributed by atoms with Gasteiger partial charge in [0.05, 0.1) is 23.9 Å². The van der Waals surface area contributed by atoms with E-state index in [1.165, 1.54) is 12.3 Å². The van der Waals surface area contributed by atoms with Gasteiger partial charge in [0, 0.05) is 35.4 Å². The van der Waals surface area contributed by atoms with Crippen LogP contribution in [0.25, 0.3) is 33.7 Å². The lowest BCUT2D eigenvalue weighted by atomic mass is 9.85. The van der Waals surface area contributed by atoms with Gasteiger partial charge in [-0.05, 0) is 51.2 Å². The zero-order chi connectivity index (χ0) is 19.3. The molecule has 5 rings (SSSR count). The van der Waals surface area contributed by atoms with E-state index in [1.54, 1.807) is 12.3 Å². The molecule has 1 N–H and O–H groups in total. The van der Waals surface area contributed by atoms with E-state index in [-0.39, 0.29) is 5.82 Å². The first-order valence-electron chi connectivity index (χ1n) is 9.39. The molecule has 0 amide bonds. The van der Waals surface area contributed by atoms with Crippen LogP contribution >= 0.6 is 0 Å². The first kappa shape index (κ1) is 17.1. The van der Waals surface area contributed by atoms with E-state index in [0.717, 1.165) is 40.8 Å². The highest BCUT2D eigenvalue weighted by molar-refractivity contribution is 5.95. The van der Waals surface area contributed by atoms with E-state index < -0.39 is 0 Å². The monoisotopic (exact) mass is 376 g/mol. The van der Waals surface area contributed by atoms with Crippen molar-refractivity contribution >= 4 is 11.0 Å². The third-order valence-electron chi connectivity index (χ3n) is 5.69. The summed E-state index contributed by atoms with van der Waals surface area (Å²) in [4.78, 5) is 18.8. The van der Waals surface area contributed by atoms with Crippen LogP contribution in [0.15, 0.2) is 49.2 Å². The Bertz CT molecular complexity index is 1120. The number of hydrogen-bond acceptors (Lipinski definition) is 4. The van der Waals surface area contributed by atoms with Gasteiger partial charge in [-0.1, -0.05) is 0 Å². The van der Waals surface area contributed by atoms with Crippen LogP contribution in [0.1, 0.15) is 18.9 Å². The zero-order valence-corrected chi connectivity index (χ0v) is 15.8. The molecule has 4 aromatic rings. The summed E-state index contributed by atoms with van der Waals surface area (Å²) < 4.78 is 15.7. The molecule has 1 fully saturated rings. The van der Waals surface area contributed by atoms with Crippen LogP contribution in [-0.4, -0.2) is 49.5 Å². The molecule has 4 aromatic heterocycles. The van der Waals surface area contributed by atoms with Gasteiger partial charge >= 0.3 is 0 Å². The zero-order valence-electron chi connectivity index (χ0n) is 15.8. The number of H-pyrrole nitrogens is 1.